The highest BCUT2D eigenvalue weighted by molar-refractivity contribution is 7.09. The van der Waals surface area contributed by atoms with Crippen LogP contribution < -0.4 is 16.0 Å². The van der Waals surface area contributed by atoms with Crippen LogP contribution in [-0.4, -0.2) is 97.6 Å². The number of likely N-dealkylation sites (tertiary alicyclic amines) is 2. The molecule has 8 heteroatoms. The average Bonchev–Trinajstić information content (AvgIpc) is 3.75. The van der Waals surface area contributed by atoms with E-state index >= 15 is 0 Å². The molecule has 1 aromatic heterocycles. The Balaban J connectivity index is 1.03. The number of rotatable bonds is 14. The molecule has 3 N–H and O–H groups in total. The summed E-state index contributed by atoms with van der Waals surface area (Å²) >= 11 is 1.79. The molecule has 0 bridgehead atoms. The number of piperazine rings is 1. The van der Waals surface area contributed by atoms with Crippen molar-refractivity contribution in [1.29, 1.82) is 0 Å². The SMILES string of the molecule is O=C([C@@H](CCCCN1CCCCC1)NC1CCC2(CC1)CCN(Cc1ccccc1)C2)N1CCNC[C@H]1CNCc1cccs1. The Labute approximate surface area is 276 Å². The second-order valence-corrected chi connectivity index (χ2v) is 15.5. The third-order valence-corrected chi connectivity index (χ3v) is 12.0. The summed E-state index contributed by atoms with van der Waals surface area (Å²) in [6, 6.07) is 15.8. The fraction of sp³-hybridized carbons (Fsp3) is 0.703. The number of nitrogens with one attached hydrogen (secondary N) is 3. The fourth-order valence-electron chi connectivity index (χ4n) is 8.45. The molecule has 1 aliphatic carbocycles. The molecule has 2 aromatic rings. The third-order valence-electron chi connectivity index (χ3n) is 11.1. The molecular formula is C37H58N6OS. The molecule has 0 unspecified atom stereocenters. The molecule has 4 fully saturated rings. The van der Waals surface area contributed by atoms with Crippen LogP contribution in [0.1, 0.15) is 81.1 Å². The largest absolute Gasteiger partial charge is 0.335 e. The number of amides is 1. The Morgan fingerprint density at radius 2 is 1.80 bits per heavy atom. The monoisotopic (exact) mass is 634 g/mol. The zero-order valence-electron chi connectivity index (χ0n) is 27.6. The molecule has 0 radical (unpaired) electrons. The molecule has 7 nitrogen and oxygen atoms in total. The highest BCUT2D eigenvalue weighted by Gasteiger charge is 2.42. The van der Waals surface area contributed by atoms with Crippen molar-refractivity contribution >= 4 is 17.2 Å². The Hall–Kier alpha value is -1.81. The van der Waals surface area contributed by atoms with E-state index in [-0.39, 0.29) is 12.1 Å². The van der Waals surface area contributed by atoms with Crippen molar-refractivity contribution in [2.45, 2.75) is 102 Å². The van der Waals surface area contributed by atoms with E-state index < -0.39 is 0 Å². The molecular weight excluding hydrogens is 577 g/mol. The number of benzene rings is 1. The first-order chi connectivity index (χ1) is 22.2. The molecule has 6 rings (SSSR count). The Kier molecular flexibility index (Phi) is 12.4. The first-order valence-electron chi connectivity index (χ1n) is 18.1. The minimum Gasteiger partial charge on any atom is -0.335 e. The molecule has 1 saturated carbocycles. The van der Waals surface area contributed by atoms with Gasteiger partial charge in [0.1, 0.15) is 0 Å². The molecule has 1 aromatic carbocycles. The highest BCUT2D eigenvalue weighted by atomic mass is 32.1. The van der Waals surface area contributed by atoms with Gasteiger partial charge in [-0.15, -0.1) is 11.3 Å². The zero-order chi connectivity index (χ0) is 30.7. The fourth-order valence-corrected chi connectivity index (χ4v) is 9.12. The van der Waals surface area contributed by atoms with Gasteiger partial charge in [-0.2, -0.15) is 0 Å². The molecule has 1 spiro atoms. The van der Waals surface area contributed by atoms with E-state index in [4.69, 9.17) is 0 Å². The van der Waals surface area contributed by atoms with Gasteiger partial charge in [-0.05, 0) is 106 Å². The standard InChI is InChI=1S/C37H58N6OS/c44-36(43-24-19-38-26-33(43)27-39-28-34-12-9-25-45-34)35(13-5-8-22-41-20-6-2-7-21-41)40-32-14-16-37(17-15-32)18-23-42(30-37)29-31-10-3-1-4-11-31/h1,3-4,9-12,25,32-33,35,38-40H,2,5-8,13-24,26-30H2/t32?,33-,35+,37?/m0/s1. The van der Waals surface area contributed by atoms with Gasteiger partial charge >= 0.3 is 0 Å². The summed E-state index contributed by atoms with van der Waals surface area (Å²) in [5, 5.41) is 13.3. The lowest BCUT2D eigenvalue weighted by atomic mass is 9.72. The van der Waals surface area contributed by atoms with E-state index in [1.54, 1.807) is 11.3 Å². The van der Waals surface area contributed by atoms with Crippen molar-refractivity contribution in [3.8, 4) is 0 Å². The number of hydrogen-bond acceptors (Lipinski definition) is 7. The van der Waals surface area contributed by atoms with E-state index in [1.165, 1.54) is 101 Å². The normalized spacial score (nSPS) is 27.2. The van der Waals surface area contributed by atoms with Gasteiger partial charge < -0.3 is 25.8 Å². The van der Waals surface area contributed by atoms with Crippen LogP contribution >= 0.6 is 11.3 Å². The van der Waals surface area contributed by atoms with Gasteiger partial charge in [-0.25, -0.2) is 0 Å². The van der Waals surface area contributed by atoms with Crippen LogP contribution in [0.4, 0.5) is 0 Å². The third kappa shape index (κ3) is 9.61. The summed E-state index contributed by atoms with van der Waals surface area (Å²) in [4.78, 5) is 23.2. The smallest absolute Gasteiger partial charge is 0.240 e. The first kappa shape index (κ1) is 33.1. The molecule has 248 valence electrons. The van der Waals surface area contributed by atoms with Crippen molar-refractivity contribution < 1.29 is 4.79 Å². The van der Waals surface area contributed by atoms with E-state index in [0.717, 1.165) is 52.1 Å². The second kappa shape index (κ2) is 16.8. The lowest BCUT2D eigenvalue weighted by Crippen LogP contribution is -2.61. The van der Waals surface area contributed by atoms with E-state index in [2.05, 4.69) is 78.5 Å². The first-order valence-corrected chi connectivity index (χ1v) is 19.0. The van der Waals surface area contributed by atoms with Crippen molar-refractivity contribution in [2.75, 3.05) is 58.9 Å². The topological polar surface area (TPSA) is 62.9 Å². The lowest BCUT2D eigenvalue weighted by molar-refractivity contribution is -0.137. The van der Waals surface area contributed by atoms with E-state index in [1.807, 2.05) is 0 Å². The summed E-state index contributed by atoms with van der Waals surface area (Å²) in [6.45, 7) is 11.5. The van der Waals surface area contributed by atoms with Gasteiger partial charge in [0.25, 0.3) is 0 Å². The summed E-state index contributed by atoms with van der Waals surface area (Å²) in [6.07, 6.45) is 13.7. The number of piperidine rings is 1. The molecule has 4 heterocycles. The van der Waals surface area contributed by atoms with Gasteiger partial charge in [0.15, 0.2) is 0 Å². The number of carbonyl (C=O) groups excluding carboxylic acids is 1. The Bertz CT molecular complexity index is 1130. The maximum absolute atomic E-state index is 14.3. The summed E-state index contributed by atoms with van der Waals surface area (Å²) in [7, 11) is 0. The van der Waals surface area contributed by atoms with Gasteiger partial charge in [0.05, 0.1) is 12.1 Å². The van der Waals surface area contributed by atoms with Gasteiger partial charge in [0.2, 0.25) is 5.91 Å². The van der Waals surface area contributed by atoms with E-state index in [0.29, 0.717) is 17.4 Å². The van der Waals surface area contributed by atoms with Crippen LogP contribution in [0.15, 0.2) is 47.8 Å². The average molecular weight is 635 g/mol. The predicted octanol–water partition coefficient (Wildman–Crippen LogP) is 5.09. The minimum absolute atomic E-state index is 0.0681. The molecule has 2 atom stereocenters. The molecule has 3 saturated heterocycles. The van der Waals surface area contributed by atoms with Crippen molar-refractivity contribution in [2.24, 2.45) is 5.41 Å². The maximum atomic E-state index is 14.3. The summed E-state index contributed by atoms with van der Waals surface area (Å²) in [5.74, 6) is 0.340. The zero-order valence-corrected chi connectivity index (χ0v) is 28.4. The molecule has 3 aliphatic heterocycles. The van der Waals surface area contributed by atoms with Crippen molar-refractivity contribution in [3.05, 3.63) is 58.3 Å². The van der Waals surface area contributed by atoms with Gasteiger partial charge in [-0.1, -0.05) is 49.2 Å². The second-order valence-electron chi connectivity index (χ2n) is 14.4. The molecule has 4 aliphatic rings. The Morgan fingerprint density at radius 1 is 0.956 bits per heavy atom. The van der Waals surface area contributed by atoms with Crippen LogP contribution in [-0.2, 0) is 17.9 Å². The molecule has 45 heavy (non-hydrogen) atoms. The lowest BCUT2D eigenvalue weighted by Gasteiger charge is -2.41. The van der Waals surface area contributed by atoms with Crippen LogP contribution in [0, 0.1) is 5.41 Å². The minimum atomic E-state index is -0.0681. The van der Waals surface area contributed by atoms with E-state index in [9.17, 15) is 4.79 Å². The number of nitrogens with zero attached hydrogens (tertiary/aromatic N) is 3. The number of hydrogen-bond donors (Lipinski definition) is 3. The predicted molar refractivity (Wildman–Crippen MR) is 186 cm³/mol. The van der Waals surface area contributed by atoms with Crippen molar-refractivity contribution in [3.63, 3.8) is 0 Å². The van der Waals surface area contributed by atoms with Crippen LogP contribution in [0.5, 0.6) is 0 Å². The highest BCUT2D eigenvalue weighted by Crippen LogP contribution is 2.44. The van der Waals surface area contributed by atoms with Crippen molar-refractivity contribution in [1.82, 2.24) is 30.7 Å². The summed E-state index contributed by atoms with van der Waals surface area (Å²) < 4.78 is 0. The van der Waals surface area contributed by atoms with Gasteiger partial charge in [-0.3, -0.25) is 9.69 Å². The quantitative estimate of drug-likeness (QED) is 0.252. The van der Waals surface area contributed by atoms with Crippen LogP contribution in [0.2, 0.25) is 0 Å². The summed E-state index contributed by atoms with van der Waals surface area (Å²) in [5.41, 5.74) is 1.90. The van der Waals surface area contributed by atoms with Crippen LogP contribution in [0.25, 0.3) is 0 Å². The number of carbonyl (C=O) groups is 1. The maximum Gasteiger partial charge on any atom is 0.240 e. The molecule has 1 amide bonds. The number of unbranched alkanes of at least 4 members (excludes halogenated alkanes) is 1. The van der Waals surface area contributed by atoms with Crippen LogP contribution in [0.3, 0.4) is 0 Å². The number of thiophene rings is 1. The van der Waals surface area contributed by atoms with Gasteiger partial charge in [0, 0.05) is 56.7 Å². The Morgan fingerprint density at radius 3 is 2.60 bits per heavy atom.